The van der Waals surface area contributed by atoms with Crippen molar-refractivity contribution in [2.24, 2.45) is 23.2 Å². The van der Waals surface area contributed by atoms with Crippen LogP contribution in [-0.2, 0) is 9.53 Å². The van der Waals surface area contributed by atoms with Gasteiger partial charge < -0.3 is 4.74 Å². The van der Waals surface area contributed by atoms with E-state index in [2.05, 4.69) is 19.2 Å². The van der Waals surface area contributed by atoms with E-state index < -0.39 is 0 Å². The molecule has 0 saturated heterocycles. The second-order valence-electron chi connectivity index (χ2n) is 6.11. The number of rotatable bonds is 3. The average molecular weight is 232 g/mol. The predicted octanol–water partition coefficient (Wildman–Crippen LogP) is 3.10. The molecule has 4 aliphatic rings. The van der Waals surface area contributed by atoms with E-state index in [-0.39, 0.29) is 17.5 Å². The number of carbonyl (C=O) groups is 1. The zero-order valence-electron chi connectivity index (χ0n) is 10.2. The van der Waals surface area contributed by atoms with Crippen molar-refractivity contribution in [3.63, 3.8) is 0 Å². The number of hydrogen-bond acceptors (Lipinski definition) is 2. The molecule has 3 unspecified atom stereocenters. The summed E-state index contributed by atoms with van der Waals surface area (Å²) in [5.74, 6) is 1.96. The minimum Gasteiger partial charge on any atom is -0.458 e. The molecule has 0 amide bonds. The largest absolute Gasteiger partial charge is 0.458 e. The Hall–Kier alpha value is -1.05. The van der Waals surface area contributed by atoms with Gasteiger partial charge in [0.2, 0.25) is 0 Å². The van der Waals surface area contributed by atoms with E-state index in [0.29, 0.717) is 5.92 Å². The van der Waals surface area contributed by atoms with Crippen molar-refractivity contribution in [3.8, 4) is 0 Å². The number of esters is 1. The molecule has 4 saturated carbocycles. The van der Waals surface area contributed by atoms with E-state index in [4.69, 9.17) is 4.74 Å². The minimum absolute atomic E-state index is 0.0540. The molecule has 4 rings (SSSR count). The molecule has 3 atom stereocenters. The summed E-state index contributed by atoms with van der Waals surface area (Å²) in [7, 11) is 0. The first-order valence-corrected chi connectivity index (χ1v) is 6.63. The van der Waals surface area contributed by atoms with Crippen LogP contribution in [0.2, 0.25) is 0 Å². The van der Waals surface area contributed by atoms with Crippen LogP contribution in [0, 0.1) is 23.2 Å². The molecule has 2 nitrogen and oxygen atoms in total. The standard InChI is InChI=1S/C15H20O2/c1-3-13(16)17-14-12-6-10-5-11(7-12)9-15(14,4-2)8-10/h3-4,10-12,14H,1-2,5-9H2. The van der Waals surface area contributed by atoms with Crippen molar-refractivity contribution in [1.82, 2.24) is 0 Å². The van der Waals surface area contributed by atoms with Gasteiger partial charge in [0.25, 0.3) is 0 Å². The predicted molar refractivity (Wildman–Crippen MR) is 66.3 cm³/mol. The second kappa shape index (κ2) is 3.72. The second-order valence-corrected chi connectivity index (χ2v) is 6.11. The zero-order valence-corrected chi connectivity index (χ0v) is 10.2. The van der Waals surface area contributed by atoms with E-state index in [9.17, 15) is 4.79 Å². The fraction of sp³-hybridized carbons (Fsp3) is 0.667. The van der Waals surface area contributed by atoms with Crippen LogP contribution in [0.3, 0.4) is 0 Å². The highest BCUT2D eigenvalue weighted by Crippen LogP contribution is 2.61. The SMILES string of the molecule is C=CC(=O)OC1C2CC3CC(C2)CC1(C=C)C3. The maximum atomic E-state index is 11.5. The van der Waals surface area contributed by atoms with Crippen LogP contribution in [0.1, 0.15) is 32.1 Å². The molecular formula is C15H20O2. The van der Waals surface area contributed by atoms with Crippen LogP contribution >= 0.6 is 0 Å². The summed E-state index contributed by atoms with van der Waals surface area (Å²) in [6.07, 6.45) is 9.59. The lowest BCUT2D eigenvalue weighted by Gasteiger charge is -2.59. The highest BCUT2D eigenvalue weighted by Gasteiger charge is 2.57. The summed E-state index contributed by atoms with van der Waals surface area (Å²) in [6.45, 7) is 7.51. The monoisotopic (exact) mass is 232 g/mol. The van der Waals surface area contributed by atoms with Gasteiger partial charge in [-0.15, -0.1) is 6.58 Å². The summed E-state index contributed by atoms with van der Waals surface area (Å²) in [4.78, 5) is 11.5. The van der Waals surface area contributed by atoms with E-state index in [1.54, 1.807) is 0 Å². The van der Waals surface area contributed by atoms with Gasteiger partial charge in [0.1, 0.15) is 6.10 Å². The van der Waals surface area contributed by atoms with Gasteiger partial charge in [-0.3, -0.25) is 0 Å². The molecular weight excluding hydrogens is 212 g/mol. The third kappa shape index (κ3) is 1.57. The Morgan fingerprint density at radius 1 is 1.18 bits per heavy atom. The molecule has 0 heterocycles. The van der Waals surface area contributed by atoms with Crippen molar-refractivity contribution in [3.05, 3.63) is 25.3 Å². The Kier molecular flexibility index (Phi) is 2.42. The topological polar surface area (TPSA) is 26.3 Å². The van der Waals surface area contributed by atoms with Gasteiger partial charge in [-0.05, 0) is 49.9 Å². The Morgan fingerprint density at radius 2 is 1.82 bits per heavy atom. The van der Waals surface area contributed by atoms with Crippen molar-refractivity contribution >= 4 is 5.97 Å². The van der Waals surface area contributed by atoms with Crippen LogP contribution < -0.4 is 0 Å². The highest BCUT2D eigenvalue weighted by atomic mass is 16.5. The molecule has 92 valence electrons. The van der Waals surface area contributed by atoms with Crippen molar-refractivity contribution in [2.45, 2.75) is 38.2 Å². The van der Waals surface area contributed by atoms with Crippen molar-refractivity contribution in [1.29, 1.82) is 0 Å². The normalized spacial score (nSPS) is 46.6. The molecule has 0 aromatic carbocycles. The molecule has 0 aromatic heterocycles. The van der Waals surface area contributed by atoms with Gasteiger partial charge in [0.15, 0.2) is 0 Å². The highest BCUT2D eigenvalue weighted by molar-refractivity contribution is 5.81. The first-order valence-electron chi connectivity index (χ1n) is 6.63. The van der Waals surface area contributed by atoms with Crippen LogP contribution in [0.5, 0.6) is 0 Å². The number of carbonyl (C=O) groups excluding carboxylic acids is 1. The van der Waals surface area contributed by atoms with Gasteiger partial charge in [-0.1, -0.05) is 12.7 Å². The quantitative estimate of drug-likeness (QED) is 0.424. The Morgan fingerprint density at radius 3 is 2.35 bits per heavy atom. The van der Waals surface area contributed by atoms with Gasteiger partial charge in [0, 0.05) is 11.5 Å². The minimum atomic E-state index is -0.274. The third-order valence-corrected chi connectivity index (χ3v) is 5.09. The molecule has 0 N–H and O–H groups in total. The molecule has 0 aliphatic heterocycles. The summed E-state index contributed by atoms with van der Waals surface area (Å²) in [6, 6.07) is 0. The summed E-state index contributed by atoms with van der Waals surface area (Å²) in [5, 5.41) is 0. The fourth-order valence-corrected chi connectivity index (χ4v) is 4.73. The molecule has 0 radical (unpaired) electrons. The van der Waals surface area contributed by atoms with Crippen LogP contribution in [0.4, 0.5) is 0 Å². The number of ether oxygens (including phenoxy) is 1. The molecule has 4 bridgehead atoms. The summed E-state index contributed by atoms with van der Waals surface area (Å²) >= 11 is 0. The Balaban J connectivity index is 1.89. The molecule has 17 heavy (non-hydrogen) atoms. The molecule has 4 aliphatic carbocycles. The van der Waals surface area contributed by atoms with Crippen molar-refractivity contribution < 1.29 is 9.53 Å². The first kappa shape index (κ1) is 11.1. The first-order chi connectivity index (χ1) is 8.16. The van der Waals surface area contributed by atoms with Gasteiger partial charge in [0.05, 0.1) is 0 Å². The van der Waals surface area contributed by atoms with E-state index in [0.717, 1.165) is 11.8 Å². The fourth-order valence-electron chi connectivity index (χ4n) is 4.73. The van der Waals surface area contributed by atoms with E-state index in [1.807, 2.05) is 0 Å². The molecule has 0 spiro atoms. The zero-order chi connectivity index (χ0) is 12.0. The van der Waals surface area contributed by atoms with E-state index >= 15 is 0 Å². The lowest BCUT2D eigenvalue weighted by Crippen LogP contribution is -2.56. The summed E-state index contributed by atoms with van der Waals surface area (Å²) < 4.78 is 5.64. The number of hydrogen-bond donors (Lipinski definition) is 0. The van der Waals surface area contributed by atoms with Gasteiger partial charge in [-0.25, -0.2) is 4.79 Å². The lowest BCUT2D eigenvalue weighted by atomic mass is 9.48. The average Bonchev–Trinajstić information content (AvgIpc) is 2.32. The molecule has 2 heteroatoms. The Bertz CT molecular complexity index is 357. The van der Waals surface area contributed by atoms with Crippen molar-refractivity contribution in [2.75, 3.05) is 0 Å². The Labute approximate surface area is 103 Å². The van der Waals surface area contributed by atoms with Gasteiger partial charge >= 0.3 is 5.97 Å². The van der Waals surface area contributed by atoms with Crippen LogP contribution in [0.15, 0.2) is 25.3 Å². The molecule has 4 fully saturated rings. The van der Waals surface area contributed by atoms with Crippen LogP contribution in [0.25, 0.3) is 0 Å². The lowest BCUT2D eigenvalue weighted by molar-refractivity contribution is -0.178. The van der Waals surface area contributed by atoms with Crippen LogP contribution in [-0.4, -0.2) is 12.1 Å². The van der Waals surface area contributed by atoms with Gasteiger partial charge in [-0.2, -0.15) is 0 Å². The van der Waals surface area contributed by atoms with E-state index in [1.165, 1.54) is 38.2 Å². The maximum absolute atomic E-state index is 11.5. The summed E-state index contributed by atoms with van der Waals surface area (Å²) in [5.41, 5.74) is 0.0629. The third-order valence-electron chi connectivity index (χ3n) is 5.09. The molecule has 0 aromatic rings. The maximum Gasteiger partial charge on any atom is 0.330 e. The smallest absolute Gasteiger partial charge is 0.330 e.